The Morgan fingerprint density at radius 2 is 1.33 bits per heavy atom. The third-order valence-corrected chi connectivity index (χ3v) is 4.50. The van der Waals surface area contributed by atoms with Crippen molar-refractivity contribution in [1.82, 2.24) is 0 Å². The molecule has 0 N–H and O–H groups in total. The molecule has 3 aromatic rings. The van der Waals surface area contributed by atoms with Crippen LogP contribution in [0.4, 0.5) is 0 Å². The van der Waals surface area contributed by atoms with Crippen molar-refractivity contribution in [3.05, 3.63) is 98.9 Å². The van der Waals surface area contributed by atoms with E-state index in [2.05, 4.69) is 44.0 Å². The second kappa shape index (κ2) is 7.73. The summed E-state index contributed by atoms with van der Waals surface area (Å²) in [6.07, 6.45) is 3.43. The Morgan fingerprint density at radius 3 is 1.96 bits per heavy atom. The predicted octanol–water partition coefficient (Wildman–Crippen LogP) is 6.77. The molecule has 0 saturated carbocycles. The summed E-state index contributed by atoms with van der Waals surface area (Å²) in [6.45, 7) is 0. The maximum Gasteiger partial charge on any atom is 0.185 e. The number of carbonyl (C=O) groups excluding carboxylic acids is 1. The summed E-state index contributed by atoms with van der Waals surface area (Å²) in [5, 5.41) is 0. The second-order valence-corrected chi connectivity index (χ2v) is 7.18. The van der Waals surface area contributed by atoms with Gasteiger partial charge < -0.3 is 0 Å². The monoisotopic (exact) mass is 440 g/mol. The molecule has 3 aromatic carbocycles. The number of hydrogen-bond acceptors (Lipinski definition) is 1. The summed E-state index contributed by atoms with van der Waals surface area (Å²) < 4.78 is 1.94. The van der Waals surface area contributed by atoms with Crippen molar-refractivity contribution in [2.45, 2.75) is 0 Å². The first-order valence-electron chi connectivity index (χ1n) is 7.46. The van der Waals surface area contributed by atoms with Gasteiger partial charge in [-0.1, -0.05) is 92.5 Å². The summed E-state index contributed by atoms with van der Waals surface area (Å²) >= 11 is 6.89. The van der Waals surface area contributed by atoms with Gasteiger partial charge in [-0.05, 0) is 41.0 Å². The minimum absolute atomic E-state index is 0.00860. The zero-order chi connectivity index (χ0) is 16.9. The van der Waals surface area contributed by atoms with Crippen LogP contribution in [0.5, 0.6) is 0 Å². The summed E-state index contributed by atoms with van der Waals surface area (Å²) in [4.78, 5) is 12.3. The fourth-order valence-corrected chi connectivity index (χ4v) is 3.73. The zero-order valence-corrected chi connectivity index (χ0v) is 15.9. The number of benzene rings is 3. The molecule has 0 aliphatic rings. The lowest BCUT2D eigenvalue weighted by atomic mass is 10.0. The van der Waals surface area contributed by atoms with Crippen LogP contribution < -0.4 is 0 Å². The smallest absolute Gasteiger partial charge is 0.185 e. The van der Waals surface area contributed by atoms with Crippen molar-refractivity contribution in [1.29, 1.82) is 0 Å². The van der Waals surface area contributed by atoms with Crippen molar-refractivity contribution >= 4 is 43.7 Å². The van der Waals surface area contributed by atoms with Crippen molar-refractivity contribution in [3.63, 3.8) is 0 Å². The SMILES string of the molecule is O=C(C=Cc1cc(Br)cc(Br)c1)c1ccc(-c2ccccc2)cc1. The first-order chi connectivity index (χ1) is 11.6. The summed E-state index contributed by atoms with van der Waals surface area (Å²) in [5.74, 6) is -0.00860. The maximum atomic E-state index is 12.3. The van der Waals surface area contributed by atoms with Gasteiger partial charge in [0.25, 0.3) is 0 Å². The molecule has 0 unspecified atom stereocenters. The fourth-order valence-electron chi connectivity index (χ4n) is 2.40. The van der Waals surface area contributed by atoms with Crippen LogP contribution in [0, 0.1) is 0 Å². The van der Waals surface area contributed by atoms with Crippen LogP contribution in [0.25, 0.3) is 17.2 Å². The van der Waals surface area contributed by atoms with E-state index < -0.39 is 0 Å². The Balaban J connectivity index is 1.77. The minimum Gasteiger partial charge on any atom is -0.289 e. The van der Waals surface area contributed by atoms with E-state index in [1.165, 1.54) is 0 Å². The van der Waals surface area contributed by atoms with Crippen LogP contribution >= 0.6 is 31.9 Å². The van der Waals surface area contributed by atoms with Crippen molar-refractivity contribution in [3.8, 4) is 11.1 Å². The minimum atomic E-state index is -0.00860. The molecule has 0 spiro atoms. The third-order valence-electron chi connectivity index (χ3n) is 3.59. The van der Waals surface area contributed by atoms with Crippen molar-refractivity contribution in [2.75, 3.05) is 0 Å². The summed E-state index contributed by atoms with van der Waals surface area (Å²) in [5.41, 5.74) is 3.89. The molecule has 24 heavy (non-hydrogen) atoms. The van der Waals surface area contributed by atoms with Gasteiger partial charge in [-0.25, -0.2) is 0 Å². The Bertz CT molecular complexity index is 861. The first kappa shape index (κ1) is 16.9. The highest BCUT2D eigenvalue weighted by Crippen LogP contribution is 2.22. The molecule has 0 fully saturated rings. The van der Waals surface area contributed by atoms with E-state index in [-0.39, 0.29) is 5.78 Å². The number of hydrogen-bond donors (Lipinski definition) is 0. The van der Waals surface area contributed by atoms with Gasteiger partial charge in [0.15, 0.2) is 5.78 Å². The first-order valence-corrected chi connectivity index (χ1v) is 9.04. The Morgan fingerprint density at radius 1 is 0.750 bits per heavy atom. The maximum absolute atomic E-state index is 12.3. The number of carbonyl (C=O) groups is 1. The molecule has 0 heterocycles. The third kappa shape index (κ3) is 4.31. The lowest BCUT2D eigenvalue weighted by Crippen LogP contribution is -1.93. The van der Waals surface area contributed by atoms with Gasteiger partial charge in [-0.15, -0.1) is 0 Å². The highest BCUT2D eigenvalue weighted by Gasteiger charge is 2.03. The van der Waals surface area contributed by atoms with E-state index in [9.17, 15) is 4.79 Å². The number of ketones is 1. The topological polar surface area (TPSA) is 17.1 Å². The van der Waals surface area contributed by atoms with Gasteiger partial charge in [-0.3, -0.25) is 4.79 Å². The van der Waals surface area contributed by atoms with E-state index in [1.54, 1.807) is 6.08 Å². The molecule has 0 aromatic heterocycles. The highest BCUT2D eigenvalue weighted by atomic mass is 79.9. The molecule has 0 atom stereocenters. The molecule has 0 amide bonds. The van der Waals surface area contributed by atoms with E-state index in [0.29, 0.717) is 5.56 Å². The molecule has 0 bridgehead atoms. The molecule has 0 radical (unpaired) electrons. The normalized spacial score (nSPS) is 10.9. The van der Waals surface area contributed by atoms with E-state index in [1.807, 2.05) is 66.7 Å². The molecule has 0 aliphatic carbocycles. The lowest BCUT2D eigenvalue weighted by Gasteiger charge is -2.02. The standard InChI is InChI=1S/C21H14Br2O/c22-19-12-15(13-20(23)14-19)6-11-21(24)18-9-7-17(8-10-18)16-4-2-1-3-5-16/h1-14H. The summed E-state index contributed by atoms with van der Waals surface area (Å²) in [7, 11) is 0. The molecule has 118 valence electrons. The van der Waals surface area contributed by atoms with Crippen LogP contribution in [0.1, 0.15) is 15.9 Å². The fraction of sp³-hybridized carbons (Fsp3) is 0. The van der Waals surface area contributed by atoms with Crippen LogP contribution in [-0.2, 0) is 0 Å². The molecular formula is C21H14Br2O. The summed E-state index contributed by atoms with van der Waals surface area (Å²) in [6, 6.07) is 23.7. The van der Waals surface area contributed by atoms with Crippen LogP contribution in [-0.4, -0.2) is 5.78 Å². The molecular weight excluding hydrogens is 428 g/mol. The van der Waals surface area contributed by atoms with Crippen LogP contribution in [0.2, 0.25) is 0 Å². The van der Waals surface area contributed by atoms with Gasteiger partial charge in [0.05, 0.1) is 0 Å². The zero-order valence-electron chi connectivity index (χ0n) is 12.7. The molecule has 0 saturated heterocycles. The van der Waals surface area contributed by atoms with Crippen molar-refractivity contribution < 1.29 is 4.79 Å². The molecule has 3 rings (SSSR count). The quantitative estimate of drug-likeness (QED) is 0.322. The Labute approximate surface area is 158 Å². The number of allylic oxidation sites excluding steroid dienone is 1. The van der Waals surface area contributed by atoms with Crippen molar-refractivity contribution in [2.24, 2.45) is 0 Å². The Kier molecular flexibility index (Phi) is 5.44. The lowest BCUT2D eigenvalue weighted by molar-refractivity contribution is 0.104. The van der Waals surface area contributed by atoms with E-state index in [0.717, 1.165) is 25.6 Å². The second-order valence-electron chi connectivity index (χ2n) is 5.34. The Hall–Kier alpha value is -1.97. The van der Waals surface area contributed by atoms with Gasteiger partial charge in [0, 0.05) is 14.5 Å². The van der Waals surface area contributed by atoms with Gasteiger partial charge in [0.2, 0.25) is 0 Å². The van der Waals surface area contributed by atoms with Gasteiger partial charge in [0.1, 0.15) is 0 Å². The van der Waals surface area contributed by atoms with Gasteiger partial charge >= 0.3 is 0 Å². The molecule has 0 aliphatic heterocycles. The largest absolute Gasteiger partial charge is 0.289 e. The molecule has 1 nitrogen and oxygen atoms in total. The number of rotatable bonds is 4. The van der Waals surface area contributed by atoms with Crippen LogP contribution in [0.15, 0.2) is 87.8 Å². The van der Waals surface area contributed by atoms with E-state index >= 15 is 0 Å². The van der Waals surface area contributed by atoms with Gasteiger partial charge in [-0.2, -0.15) is 0 Å². The van der Waals surface area contributed by atoms with Crippen LogP contribution in [0.3, 0.4) is 0 Å². The van der Waals surface area contributed by atoms with E-state index in [4.69, 9.17) is 0 Å². The average molecular weight is 442 g/mol. The highest BCUT2D eigenvalue weighted by molar-refractivity contribution is 9.11. The molecule has 3 heteroatoms. The number of halogens is 2. The predicted molar refractivity (Wildman–Crippen MR) is 107 cm³/mol. The average Bonchev–Trinajstić information content (AvgIpc) is 2.60.